The highest BCUT2D eigenvalue weighted by molar-refractivity contribution is 5.97. The fourth-order valence-corrected chi connectivity index (χ4v) is 3.70. The minimum absolute atomic E-state index is 0.0550. The molecule has 1 unspecified atom stereocenters. The SMILES string of the molecule is COc1cccc2cc(C(=O)N3CCCC3Cc3cccc(F)c3)oc12. The molecule has 0 aliphatic carbocycles. The number of hydrogen-bond acceptors (Lipinski definition) is 3. The number of benzene rings is 2. The molecule has 0 bridgehead atoms. The van der Waals surface area contributed by atoms with Crippen LogP contribution < -0.4 is 4.74 Å². The van der Waals surface area contributed by atoms with Crippen molar-refractivity contribution in [3.63, 3.8) is 0 Å². The van der Waals surface area contributed by atoms with Gasteiger partial charge in [-0.1, -0.05) is 24.3 Å². The molecule has 3 aromatic rings. The van der Waals surface area contributed by atoms with E-state index < -0.39 is 0 Å². The van der Waals surface area contributed by atoms with Crippen LogP contribution in [0.15, 0.2) is 52.9 Å². The molecule has 134 valence electrons. The molecule has 1 atom stereocenters. The number of fused-ring (bicyclic) bond motifs is 1. The average Bonchev–Trinajstić information content (AvgIpc) is 3.27. The van der Waals surface area contributed by atoms with E-state index >= 15 is 0 Å². The third-order valence-corrected chi connectivity index (χ3v) is 4.94. The zero-order valence-electron chi connectivity index (χ0n) is 14.6. The predicted octanol–water partition coefficient (Wildman–Crippen LogP) is 4.43. The van der Waals surface area contributed by atoms with Crippen LogP contribution in [0.4, 0.5) is 4.39 Å². The second kappa shape index (κ2) is 6.83. The van der Waals surface area contributed by atoms with Crippen molar-refractivity contribution < 1.29 is 18.3 Å². The van der Waals surface area contributed by atoms with Gasteiger partial charge in [-0.05, 0) is 49.1 Å². The number of ether oxygens (including phenoxy) is 1. The summed E-state index contributed by atoms with van der Waals surface area (Å²) >= 11 is 0. The summed E-state index contributed by atoms with van der Waals surface area (Å²) < 4.78 is 24.6. The molecule has 26 heavy (non-hydrogen) atoms. The number of methoxy groups -OCH3 is 1. The molecule has 1 aliphatic heterocycles. The summed E-state index contributed by atoms with van der Waals surface area (Å²) in [5.41, 5.74) is 1.49. The Labute approximate surface area is 151 Å². The fraction of sp³-hybridized carbons (Fsp3) is 0.286. The number of amides is 1. The van der Waals surface area contributed by atoms with Gasteiger partial charge in [0.1, 0.15) is 5.82 Å². The highest BCUT2D eigenvalue weighted by Crippen LogP contribution is 2.31. The highest BCUT2D eigenvalue weighted by atomic mass is 19.1. The molecule has 0 radical (unpaired) electrons. The minimum Gasteiger partial charge on any atom is -0.493 e. The molecule has 0 saturated carbocycles. The molecule has 5 heteroatoms. The van der Waals surface area contributed by atoms with Crippen LogP contribution >= 0.6 is 0 Å². The van der Waals surface area contributed by atoms with Gasteiger partial charge < -0.3 is 14.1 Å². The van der Waals surface area contributed by atoms with Gasteiger partial charge in [-0.25, -0.2) is 4.39 Å². The van der Waals surface area contributed by atoms with Gasteiger partial charge in [0, 0.05) is 18.0 Å². The van der Waals surface area contributed by atoms with Gasteiger partial charge in [-0.2, -0.15) is 0 Å². The number of halogens is 1. The first-order chi connectivity index (χ1) is 12.7. The number of para-hydroxylation sites is 1. The summed E-state index contributed by atoms with van der Waals surface area (Å²) in [7, 11) is 1.58. The summed E-state index contributed by atoms with van der Waals surface area (Å²) in [4.78, 5) is 14.8. The number of rotatable bonds is 4. The van der Waals surface area contributed by atoms with Crippen molar-refractivity contribution in [1.29, 1.82) is 0 Å². The Morgan fingerprint density at radius 1 is 1.27 bits per heavy atom. The third kappa shape index (κ3) is 3.05. The molecule has 1 amide bonds. The summed E-state index contributed by atoms with van der Waals surface area (Å²) in [5, 5.41) is 0.841. The zero-order chi connectivity index (χ0) is 18.1. The number of carbonyl (C=O) groups excluding carboxylic acids is 1. The van der Waals surface area contributed by atoms with E-state index in [1.807, 2.05) is 29.2 Å². The van der Waals surface area contributed by atoms with E-state index in [0.717, 1.165) is 23.8 Å². The zero-order valence-corrected chi connectivity index (χ0v) is 14.6. The third-order valence-electron chi connectivity index (χ3n) is 4.94. The fourth-order valence-electron chi connectivity index (χ4n) is 3.70. The van der Waals surface area contributed by atoms with Crippen LogP contribution in [-0.2, 0) is 6.42 Å². The van der Waals surface area contributed by atoms with E-state index in [1.165, 1.54) is 12.1 Å². The standard InChI is InChI=1S/C21H20FNO3/c1-25-18-9-3-6-15-13-19(26-20(15)18)21(24)23-10-4-8-17(23)12-14-5-2-7-16(22)11-14/h2-3,5-7,9,11,13,17H,4,8,10,12H2,1H3. The summed E-state index contributed by atoms with van der Waals surface area (Å²) in [6.07, 6.45) is 2.49. The molecule has 2 aromatic carbocycles. The van der Waals surface area contributed by atoms with Crippen LogP contribution in [0, 0.1) is 5.82 Å². The maximum Gasteiger partial charge on any atom is 0.289 e. The van der Waals surface area contributed by atoms with Crippen molar-refractivity contribution in [2.45, 2.75) is 25.3 Å². The number of nitrogens with zero attached hydrogens (tertiary/aromatic N) is 1. The first-order valence-electron chi connectivity index (χ1n) is 8.77. The lowest BCUT2D eigenvalue weighted by Gasteiger charge is -2.24. The Morgan fingerprint density at radius 3 is 2.92 bits per heavy atom. The van der Waals surface area contributed by atoms with Crippen molar-refractivity contribution in [2.75, 3.05) is 13.7 Å². The largest absolute Gasteiger partial charge is 0.493 e. The lowest BCUT2D eigenvalue weighted by Crippen LogP contribution is -2.36. The molecule has 1 fully saturated rings. The molecule has 4 rings (SSSR count). The number of carbonyl (C=O) groups is 1. The van der Waals surface area contributed by atoms with Gasteiger partial charge in [0.2, 0.25) is 0 Å². The molecule has 4 nitrogen and oxygen atoms in total. The van der Waals surface area contributed by atoms with Crippen LogP contribution in [-0.4, -0.2) is 30.5 Å². The Balaban J connectivity index is 1.58. The second-order valence-electron chi connectivity index (χ2n) is 6.62. The van der Waals surface area contributed by atoms with Crippen molar-refractivity contribution in [2.24, 2.45) is 0 Å². The van der Waals surface area contributed by atoms with Gasteiger partial charge in [0.15, 0.2) is 17.1 Å². The Morgan fingerprint density at radius 2 is 2.12 bits per heavy atom. The van der Waals surface area contributed by atoms with E-state index in [2.05, 4.69) is 0 Å². The average molecular weight is 353 g/mol. The van der Waals surface area contributed by atoms with Crippen LogP contribution in [0.2, 0.25) is 0 Å². The van der Waals surface area contributed by atoms with E-state index in [4.69, 9.17) is 9.15 Å². The molecule has 0 spiro atoms. The quantitative estimate of drug-likeness (QED) is 0.697. The topological polar surface area (TPSA) is 42.7 Å². The molecular formula is C21H20FNO3. The van der Waals surface area contributed by atoms with E-state index in [0.29, 0.717) is 30.1 Å². The van der Waals surface area contributed by atoms with Crippen molar-refractivity contribution >= 4 is 16.9 Å². The first kappa shape index (κ1) is 16.6. The number of hydrogen-bond donors (Lipinski definition) is 0. The Bertz CT molecular complexity index is 949. The smallest absolute Gasteiger partial charge is 0.289 e. The van der Waals surface area contributed by atoms with Crippen molar-refractivity contribution in [3.05, 3.63) is 65.7 Å². The second-order valence-corrected chi connectivity index (χ2v) is 6.62. The molecule has 1 aromatic heterocycles. The molecule has 1 aliphatic rings. The lowest BCUT2D eigenvalue weighted by molar-refractivity contribution is 0.0706. The minimum atomic E-state index is -0.247. The monoisotopic (exact) mass is 353 g/mol. The first-order valence-corrected chi connectivity index (χ1v) is 8.77. The molecule has 1 saturated heterocycles. The van der Waals surface area contributed by atoms with Crippen LogP contribution in [0.5, 0.6) is 5.75 Å². The Hall–Kier alpha value is -2.82. The maximum absolute atomic E-state index is 13.4. The van der Waals surface area contributed by atoms with Gasteiger partial charge >= 0.3 is 0 Å². The summed E-state index contributed by atoms with van der Waals surface area (Å²) in [5.74, 6) is 0.555. The van der Waals surface area contributed by atoms with Gasteiger partial charge in [-0.3, -0.25) is 4.79 Å². The lowest BCUT2D eigenvalue weighted by atomic mass is 10.0. The van der Waals surface area contributed by atoms with Crippen LogP contribution in [0.3, 0.4) is 0 Å². The number of likely N-dealkylation sites (tertiary alicyclic amines) is 1. The van der Waals surface area contributed by atoms with Crippen molar-refractivity contribution in [1.82, 2.24) is 4.90 Å². The molecule has 2 heterocycles. The van der Waals surface area contributed by atoms with E-state index in [1.54, 1.807) is 19.2 Å². The van der Waals surface area contributed by atoms with Gasteiger partial charge in [0.25, 0.3) is 5.91 Å². The summed E-state index contributed by atoms with van der Waals surface area (Å²) in [6, 6.07) is 14.0. The summed E-state index contributed by atoms with van der Waals surface area (Å²) in [6.45, 7) is 0.687. The van der Waals surface area contributed by atoms with Crippen LogP contribution in [0.1, 0.15) is 29.0 Å². The number of furan rings is 1. The van der Waals surface area contributed by atoms with Crippen LogP contribution in [0.25, 0.3) is 11.0 Å². The molecule has 0 N–H and O–H groups in total. The maximum atomic E-state index is 13.4. The predicted molar refractivity (Wildman–Crippen MR) is 96.9 cm³/mol. The Kier molecular flexibility index (Phi) is 4.37. The van der Waals surface area contributed by atoms with Gasteiger partial charge in [-0.15, -0.1) is 0 Å². The van der Waals surface area contributed by atoms with Gasteiger partial charge in [0.05, 0.1) is 7.11 Å². The highest BCUT2D eigenvalue weighted by Gasteiger charge is 2.31. The van der Waals surface area contributed by atoms with E-state index in [-0.39, 0.29) is 17.8 Å². The molecular weight excluding hydrogens is 333 g/mol. The van der Waals surface area contributed by atoms with E-state index in [9.17, 15) is 9.18 Å². The normalized spacial score (nSPS) is 17.0. The van der Waals surface area contributed by atoms with Crippen molar-refractivity contribution in [3.8, 4) is 5.75 Å².